The summed E-state index contributed by atoms with van der Waals surface area (Å²) in [5.74, 6) is 0.931. The van der Waals surface area contributed by atoms with Crippen molar-refractivity contribution in [2.75, 3.05) is 32.7 Å². The molecule has 2 heterocycles. The fraction of sp³-hybridized carbons (Fsp3) is 1.00. The summed E-state index contributed by atoms with van der Waals surface area (Å²) >= 11 is 0. The Morgan fingerprint density at radius 3 is 2.88 bits per heavy atom. The maximum atomic E-state index is 12.1. The van der Waals surface area contributed by atoms with Crippen molar-refractivity contribution >= 4 is 10.2 Å². The van der Waals surface area contributed by atoms with Gasteiger partial charge in [0, 0.05) is 19.6 Å². The van der Waals surface area contributed by atoms with Crippen LogP contribution in [-0.2, 0) is 10.2 Å². The van der Waals surface area contributed by atoms with Crippen LogP contribution in [0.1, 0.15) is 26.2 Å². The predicted molar refractivity (Wildman–Crippen MR) is 67.9 cm³/mol. The molecule has 0 amide bonds. The molecule has 5 nitrogen and oxygen atoms in total. The van der Waals surface area contributed by atoms with Gasteiger partial charge in [-0.1, -0.05) is 6.92 Å². The van der Waals surface area contributed by atoms with E-state index in [0.717, 1.165) is 32.4 Å². The van der Waals surface area contributed by atoms with Crippen molar-refractivity contribution in [3.05, 3.63) is 0 Å². The second kappa shape index (κ2) is 5.65. The van der Waals surface area contributed by atoms with Gasteiger partial charge < -0.3 is 5.32 Å². The third-order valence-electron chi connectivity index (χ3n) is 3.68. The van der Waals surface area contributed by atoms with Crippen LogP contribution in [0.2, 0.25) is 0 Å². The molecule has 2 aliphatic heterocycles. The average Bonchev–Trinajstić information content (AvgIpc) is 2.79. The van der Waals surface area contributed by atoms with Gasteiger partial charge in [0.15, 0.2) is 0 Å². The summed E-state index contributed by atoms with van der Waals surface area (Å²) in [5.41, 5.74) is 0. The van der Waals surface area contributed by atoms with Crippen LogP contribution < -0.4 is 10.0 Å². The second-order valence-corrected chi connectivity index (χ2v) is 7.07. The Morgan fingerprint density at radius 2 is 2.24 bits per heavy atom. The maximum absolute atomic E-state index is 12.1. The van der Waals surface area contributed by atoms with Gasteiger partial charge >= 0.3 is 0 Å². The lowest BCUT2D eigenvalue weighted by atomic mass is 10.0. The molecule has 2 unspecified atom stereocenters. The van der Waals surface area contributed by atoms with Crippen LogP contribution >= 0.6 is 0 Å². The van der Waals surface area contributed by atoms with E-state index in [9.17, 15) is 8.42 Å². The van der Waals surface area contributed by atoms with Crippen LogP contribution in [0.3, 0.4) is 0 Å². The molecule has 0 aromatic rings. The molecule has 2 atom stereocenters. The summed E-state index contributed by atoms with van der Waals surface area (Å²) in [6.45, 7) is 5.95. The van der Waals surface area contributed by atoms with Gasteiger partial charge in [0.25, 0.3) is 10.2 Å². The quantitative estimate of drug-likeness (QED) is 0.758. The molecular weight excluding hydrogens is 238 g/mol. The molecule has 17 heavy (non-hydrogen) atoms. The Labute approximate surface area is 104 Å². The zero-order valence-corrected chi connectivity index (χ0v) is 11.3. The molecule has 100 valence electrons. The van der Waals surface area contributed by atoms with Gasteiger partial charge in [-0.15, -0.1) is 0 Å². The normalized spacial score (nSPS) is 31.8. The monoisotopic (exact) mass is 261 g/mol. The van der Waals surface area contributed by atoms with Crippen LogP contribution in [0.5, 0.6) is 0 Å². The summed E-state index contributed by atoms with van der Waals surface area (Å²) in [6.07, 6.45) is 3.19. The largest absolute Gasteiger partial charge is 0.316 e. The van der Waals surface area contributed by atoms with E-state index >= 15 is 0 Å². The number of hydrogen-bond acceptors (Lipinski definition) is 3. The highest BCUT2D eigenvalue weighted by atomic mass is 32.2. The zero-order chi connectivity index (χ0) is 12.3. The van der Waals surface area contributed by atoms with E-state index in [4.69, 9.17) is 0 Å². The standard InChI is InChI=1S/C11H23N3O2S/c1-10-3-2-6-14(9-10)17(15,16)13-8-11-4-5-12-7-11/h10-13H,2-9H2,1H3. The van der Waals surface area contributed by atoms with E-state index < -0.39 is 10.2 Å². The number of hydrogen-bond donors (Lipinski definition) is 2. The van der Waals surface area contributed by atoms with Gasteiger partial charge in [-0.05, 0) is 44.2 Å². The average molecular weight is 261 g/mol. The van der Waals surface area contributed by atoms with Crippen molar-refractivity contribution in [1.82, 2.24) is 14.3 Å². The highest BCUT2D eigenvalue weighted by Crippen LogP contribution is 2.18. The van der Waals surface area contributed by atoms with Gasteiger partial charge in [0.1, 0.15) is 0 Å². The van der Waals surface area contributed by atoms with Gasteiger partial charge in [-0.25, -0.2) is 4.72 Å². The Kier molecular flexibility index (Phi) is 4.41. The number of nitrogens with zero attached hydrogens (tertiary/aromatic N) is 1. The Balaban J connectivity index is 1.84. The molecule has 2 N–H and O–H groups in total. The Bertz CT molecular complexity index is 339. The molecule has 2 fully saturated rings. The third kappa shape index (κ3) is 3.64. The minimum atomic E-state index is -3.25. The lowest BCUT2D eigenvalue weighted by molar-refractivity contribution is 0.277. The molecule has 0 saturated carbocycles. The first-order valence-corrected chi connectivity index (χ1v) is 7.97. The first kappa shape index (κ1) is 13.3. The Morgan fingerprint density at radius 1 is 1.41 bits per heavy atom. The van der Waals surface area contributed by atoms with Gasteiger partial charge in [-0.3, -0.25) is 0 Å². The molecule has 0 bridgehead atoms. The van der Waals surface area contributed by atoms with E-state index in [1.807, 2.05) is 0 Å². The molecule has 0 aromatic heterocycles. The predicted octanol–water partition coefficient (Wildman–Crippen LogP) is 0.162. The van der Waals surface area contributed by atoms with Gasteiger partial charge in [0.05, 0.1) is 0 Å². The van der Waals surface area contributed by atoms with Crippen LogP contribution in [-0.4, -0.2) is 45.4 Å². The van der Waals surface area contributed by atoms with E-state index in [0.29, 0.717) is 31.5 Å². The van der Waals surface area contributed by atoms with E-state index in [1.54, 1.807) is 4.31 Å². The van der Waals surface area contributed by atoms with E-state index in [-0.39, 0.29) is 0 Å². The Hall–Kier alpha value is -0.170. The topological polar surface area (TPSA) is 61.4 Å². The van der Waals surface area contributed by atoms with Crippen LogP contribution in [0.4, 0.5) is 0 Å². The maximum Gasteiger partial charge on any atom is 0.279 e. The van der Waals surface area contributed by atoms with Crippen LogP contribution in [0.15, 0.2) is 0 Å². The van der Waals surface area contributed by atoms with Crippen molar-refractivity contribution in [3.8, 4) is 0 Å². The highest BCUT2D eigenvalue weighted by molar-refractivity contribution is 7.87. The molecule has 2 aliphatic rings. The second-order valence-electron chi connectivity index (χ2n) is 5.32. The number of piperidine rings is 1. The van der Waals surface area contributed by atoms with Crippen molar-refractivity contribution < 1.29 is 8.42 Å². The molecule has 6 heteroatoms. The van der Waals surface area contributed by atoms with Crippen LogP contribution in [0, 0.1) is 11.8 Å². The first-order chi connectivity index (χ1) is 8.08. The van der Waals surface area contributed by atoms with Crippen LogP contribution in [0.25, 0.3) is 0 Å². The van der Waals surface area contributed by atoms with Gasteiger partial charge in [-0.2, -0.15) is 12.7 Å². The SMILES string of the molecule is CC1CCCN(S(=O)(=O)NCC2CCNC2)C1. The van der Waals surface area contributed by atoms with Gasteiger partial charge in [0.2, 0.25) is 0 Å². The molecular formula is C11H23N3O2S. The fourth-order valence-electron chi connectivity index (χ4n) is 2.57. The summed E-state index contributed by atoms with van der Waals surface area (Å²) in [5, 5.41) is 3.25. The fourth-order valence-corrected chi connectivity index (χ4v) is 4.02. The lowest BCUT2D eigenvalue weighted by Crippen LogP contribution is -2.46. The summed E-state index contributed by atoms with van der Waals surface area (Å²) < 4.78 is 28.5. The van der Waals surface area contributed by atoms with E-state index in [2.05, 4.69) is 17.0 Å². The molecule has 2 rings (SSSR count). The summed E-state index contributed by atoms with van der Waals surface area (Å²) in [7, 11) is -3.25. The first-order valence-electron chi connectivity index (χ1n) is 6.53. The van der Waals surface area contributed by atoms with Crippen molar-refractivity contribution in [2.45, 2.75) is 26.2 Å². The molecule has 0 radical (unpaired) electrons. The van der Waals surface area contributed by atoms with E-state index in [1.165, 1.54) is 0 Å². The minimum absolute atomic E-state index is 0.451. The summed E-state index contributed by atoms with van der Waals surface area (Å²) in [6, 6.07) is 0. The minimum Gasteiger partial charge on any atom is -0.316 e. The lowest BCUT2D eigenvalue weighted by Gasteiger charge is -2.30. The number of nitrogens with one attached hydrogen (secondary N) is 2. The summed E-state index contributed by atoms with van der Waals surface area (Å²) in [4.78, 5) is 0. The molecule has 0 aliphatic carbocycles. The smallest absolute Gasteiger partial charge is 0.279 e. The van der Waals surface area contributed by atoms with Crippen molar-refractivity contribution in [3.63, 3.8) is 0 Å². The molecule has 0 aromatic carbocycles. The third-order valence-corrected chi connectivity index (χ3v) is 5.22. The molecule has 2 saturated heterocycles. The zero-order valence-electron chi connectivity index (χ0n) is 10.5. The van der Waals surface area contributed by atoms with Crippen molar-refractivity contribution in [2.24, 2.45) is 11.8 Å². The highest BCUT2D eigenvalue weighted by Gasteiger charge is 2.27. The molecule has 0 spiro atoms. The number of rotatable bonds is 4. The van der Waals surface area contributed by atoms with Crippen molar-refractivity contribution in [1.29, 1.82) is 0 Å².